The van der Waals surface area contributed by atoms with Gasteiger partial charge in [0, 0.05) is 17.1 Å². The minimum Gasteiger partial charge on any atom is -0.497 e. The summed E-state index contributed by atoms with van der Waals surface area (Å²) in [4.78, 5) is 1.75. The first-order valence-electron chi connectivity index (χ1n) is 7.29. The Morgan fingerprint density at radius 3 is 2.60 bits per heavy atom. The van der Waals surface area contributed by atoms with Gasteiger partial charge in [-0.05, 0) is 31.2 Å². The summed E-state index contributed by atoms with van der Waals surface area (Å²) < 4.78 is 38.6. The number of ether oxygens (including phenoxy) is 2. The molecule has 1 aromatic carbocycles. The van der Waals surface area contributed by atoms with Crippen molar-refractivity contribution in [2.45, 2.75) is 11.8 Å². The number of methoxy groups -OCH3 is 2. The normalized spacial score (nSPS) is 11.3. The van der Waals surface area contributed by atoms with E-state index in [1.54, 1.807) is 24.4 Å². The summed E-state index contributed by atoms with van der Waals surface area (Å²) in [5, 5.41) is 6.78. The van der Waals surface area contributed by atoms with E-state index < -0.39 is 10.0 Å². The highest BCUT2D eigenvalue weighted by atomic mass is 32.2. The molecule has 3 rings (SSSR count). The summed E-state index contributed by atoms with van der Waals surface area (Å²) in [6.07, 6.45) is 1.65. The summed E-state index contributed by atoms with van der Waals surface area (Å²) in [5.41, 5.74) is 1.34. The van der Waals surface area contributed by atoms with E-state index in [1.165, 1.54) is 31.6 Å². The van der Waals surface area contributed by atoms with Gasteiger partial charge in [-0.25, -0.2) is 8.42 Å². The van der Waals surface area contributed by atoms with Crippen molar-refractivity contribution in [3.63, 3.8) is 0 Å². The quantitative estimate of drug-likeness (QED) is 0.686. The van der Waals surface area contributed by atoms with Crippen molar-refractivity contribution in [1.82, 2.24) is 10.2 Å². The van der Waals surface area contributed by atoms with Gasteiger partial charge in [0.1, 0.15) is 16.4 Å². The zero-order valence-corrected chi connectivity index (χ0v) is 15.5. The lowest BCUT2D eigenvalue weighted by molar-refractivity contribution is 0.392. The van der Waals surface area contributed by atoms with E-state index in [0.29, 0.717) is 11.4 Å². The highest BCUT2D eigenvalue weighted by Gasteiger charge is 2.22. The second-order valence-electron chi connectivity index (χ2n) is 5.17. The molecule has 132 valence electrons. The molecule has 0 bridgehead atoms. The van der Waals surface area contributed by atoms with Gasteiger partial charge in [-0.3, -0.25) is 9.82 Å². The first-order valence-corrected chi connectivity index (χ1v) is 9.59. The van der Waals surface area contributed by atoms with Crippen LogP contribution in [0.25, 0.3) is 10.6 Å². The minimum atomic E-state index is -3.84. The van der Waals surface area contributed by atoms with Crippen LogP contribution in [0, 0.1) is 6.92 Å². The second kappa shape index (κ2) is 6.77. The first-order chi connectivity index (χ1) is 11.9. The molecule has 0 saturated heterocycles. The zero-order valence-electron chi connectivity index (χ0n) is 13.9. The van der Waals surface area contributed by atoms with E-state index in [9.17, 15) is 8.42 Å². The summed E-state index contributed by atoms with van der Waals surface area (Å²) in [6.45, 7) is 1.85. The summed E-state index contributed by atoms with van der Waals surface area (Å²) in [7, 11) is -0.940. The van der Waals surface area contributed by atoms with Gasteiger partial charge in [-0.1, -0.05) is 0 Å². The number of sulfonamides is 1. The summed E-state index contributed by atoms with van der Waals surface area (Å²) >= 11 is 1.47. The molecule has 0 atom stereocenters. The van der Waals surface area contributed by atoms with Crippen LogP contribution in [-0.4, -0.2) is 32.8 Å². The highest BCUT2D eigenvalue weighted by Crippen LogP contribution is 2.36. The Hall–Kier alpha value is -2.52. The monoisotopic (exact) mass is 379 g/mol. The number of H-pyrrole nitrogens is 1. The Bertz CT molecular complexity index is 979. The molecule has 0 aliphatic carbocycles. The van der Waals surface area contributed by atoms with Gasteiger partial charge >= 0.3 is 0 Å². The van der Waals surface area contributed by atoms with Crippen LogP contribution >= 0.6 is 11.3 Å². The van der Waals surface area contributed by atoms with E-state index in [2.05, 4.69) is 14.9 Å². The van der Waals surface area contributed by atoms with Gasteiger partial charge in [-0.2, -0.15) is 5.10 Å². The van der Waals surface area contributed by atoms with Crippen LogP contribution in [-0.2, 0) is 10.0 Å². The molecule has 0 fully saturated rings. The third-order valence-corrected chi connectivity index (χ3v) is 6.06. The van der Waals surface area contributed by atoms with Crippen molar-refractivity contribution in [2.75, 3.05) is 18.9 Å². The molecule has 2 N–H and O–H groups in total. The van der Waals surface area contributed by atoms with Crippen LogP contribution in [0.4, 0.5) is 5.69 Å². The molecule has 25 heavy (non-hydrogen) atoms. The zero-order chi connectivity index (χ0) is 18.0. The SMILES string of the molecule is COc1ccc(OC)c(S(=O)(=O)Nc2cc(-c3ccn[nH]3)sc2C)c1. The molecule has 0 amide bonds. The molecule has 0 unspecified atom stereocenters. The first kappa shape index (κ1) is 17.3. The number of hydrogen-bond donors (Lipinski definition) is 2. The van der Waals surface area contributed by atoms with E-state index in [0.717, 1.165) is 15.4 Å². The fourth-order valence-corrected chi connectivity index (χ4v) is 4.62. The molecule has 0 radical (unpaired) electrons. The van der Waals surface area contributed by atoms with Gasteiger partial charge < -0.3 is 9.47 Å². The number of thiophene rings is 1. The molecule has 0 saturated carbocycles. The lowest BCUT2D eigenvalue weighted by Crippen LogP contribution is -2.14. The van der Waals surface area contributed by atoms with Gasteiger partial charge in [0.2, 0.25) is 0 Å². The van der Waals surface area contributed by atoms with Crippen LogP contribution in [0.2, 0.25) is 0 Å². The van der Waals surface area contributed by atoms with Crippen LogP contribution in [0.3, 0.4) is 0 Å². The molecule has 0 aliphatic rings. The topological polar surface area (TPSA) is 93.3 Å². The smallest absolute Gasteiger partial charge is 0.265 e. The van der Waals surface area contributed by atoms with E-state index >= 15 is 0 Å². The standard InChI is InChI=1S/C16H17N3O4S2/c1-10-13(9-15(24-10)12-6-7-17-18-12)19-25(20,21)16-8-11(22-2)4-5-14(16)23-3/h4-9,19H,1-3H3,(H,17,18). The fourth-order valence-electron chi connectivity index (χ4n) is 2.30. The molecule has 2 heterocycles. The highest BCUT2D eigenvalue weighted by molar-refractivity contribution is 7.92. The Morgan fingerprint density at radius 1 is 1.16 bits per heavy atom. The van der Waals surface area contributed by atoms with Crippen molar-refractivity contribution in [3.05, 3.63) is 41.4 Å². The van der Waals surface area contributed by atoms with E-state index in [1.807, 2.05) is 13.0 Å². The lowest BCUT2D eigenvalue weighted by atomic mass is 10.3. The van der Waals surface area contributed by atoms with Gasteiger partial charge in [-0.15, -0.1) is 11.3 Å². The molecular weight excluding hydrogens is 362 g/mol. The predicted octanol–water partition coefficient (Wildman–Crippen LogP) is 3.26. The van der Waals surface area contributed by atoms with Crippen molar-refractivity contribution in [1.29, 1.82) is 0 Å². The number of rotatable bonds is 6. The average Bonchev–Trinajstić information content (AvgIpc) is 3.24. The van der Waals surface area contributed by atoms with Crippen LogP contribution in [0.15, 0.2) is 41.4 Å². The number of benzene rings is 1. The van der Waals surface area contributed by atoms with Crippen molar-refractivity contribution < 1.29 is 17.9 Å². The third-order valence-electron chi connectivity index (χ3n) is 3.59. The maximum absolute atomic E-state index is 12.8. The molecule has 0 aliphatic heterocycles. The summed E-state index contributed by atoms with van der Waals surface area (Å²) in [5.74, 6) is 0.677. The number of hydrogen-bond acceptors (Lipinski definition) is 6. The number of aromatic nitrogens is 2. The predicted molar refractivity (Wildman–Crippen MR) is 97.0 cm³/mol. The van der Waals surface area contributed by atoms with E-state index in [-0.39, 0.29) is 10.6 Å². The fraction of sp³-hybridized carbons (Fsp3) is 0.188. The maximum Gasteiger partial charge on any atom is 0.265 e. The molecular formula is C16H17N3O4S2. The van der Waals surface area contributed by atoms with Crippen molar-refractivity contribution in [3.8, 4) is 22.1 Å². The molecule has 0 spiro atoms. The van der Waals surface area contributed by atoms with Gasteiger partial charge in [0.25, 0.3) is 10.0 Å². The van der Waals surface area contributed by atoms with Crippen LogP contribution < -0.4 is 14.2 Å². The Morgan fingerprint density at radius 2 is 1.96 bits per heavy atom. The van der Waals surface area contributed by atoms with Crippen LogP contribution in [0.1, 0.15) is 4.88 Å². The van der Waals surface area contributed by atoms with Gasteiger partial charge in [0.15, 0.2) is 0 Å². The summed E-state index contributed by atoms with van der Waals surface area (Å²) in [6, 6.07) is 8.24. The Kier molecular flexibility index (Phi) is 4.69. The number of nitrogens with one attached hydrogen (secondary N) is 2. The lowest BCUT2D eigenvalue weighted by Gasteiger charge is -2.12. The van der Waals surface area contributed by atoms with Crippen molar-refractivity contribution in [2.24, 2.45) is 0 Å². The molecule has 3 aromatic rings. The van der Waals surface area contributed by atoms with E-state index in [4.69, 9.17) is 9.47 Å². The Labute approximate surface area is 149 Å². The average molecular weight is 379 g/mol. The second-order valence-corrected chi connectivity index (χ2v) is 8.08. The minimum absolute atomic E-state index is 0.0167. The van der Waals surface area contributed by atoms with Crippen molar-refractivity contribution >= 4 is 27.0 Å². The molecule has 7 nitrogen and oxygen atoms in total. The third kappa shape index (κ3) is 3.47. The largest absolute Gasteiger partial charge is 0.497 e. The Balaban J connectivity index is 1.97. The number of anilines is 1. The molecule has 2 aromatic heterocycles. The maximum atomic E-state index is 12.8. The van der Waals surface area contributed by atoms with Crippen LogP contribution in [0.5, 0.6) is 11.5 Å². The number of aryl methyl sites for hydroxylation is 1. The number of nitrogens with zero attached hydrogens (tertiary/aromatic N) is 1. The van der Waals surface area contributed by atoms with Gasteiger partial charge in [0.05, 0.1) is 30.5 Å². The molecule has 9 heteroatoms. The number of aromatic amines is 1.